The molecule has 144 valence electrons. The number of pyridine rings is 1. The average Bonchev–Trinajstić information content (AvgIpc) is 2.74. The van der Waals surface area contributed by atoms with Gasteiger partial charge in [-0.2, -0.15) is 0 Å². The molecule has 29 heavy (non-hydrogen) atoms. The van der Waals surface area contributed by atoms with E-state index in [0.29, 0.717) is 11.1 Å². The molecule has 1 aliphatic rings. The molecule has 0 spiro atoms. The molecule has 0 saturated heterocycles. The van der Waals surface area contributed by atoms with Gasteiger partial charge in [0, 0.05) is 18.0 Å². The third-order valence-corrected chi connectivity index (χ3v) is 4.83. The van der Waals surface area contributed by atoms with E-state index in [2.05, 4.69) is 10.3 Å². The summed E-state index contributed by atoms with van der Waals surface area (Å²) in [5, 5.41) is 22.3. The molecule has 1 atom stereocenters. The molecule has 2 heterocycles. The molecule has 0 saturated carbocycles. The number of para-hydroxylation sites is 1. The summed E-state index contributed by atoms with van der Waals surface area (Å²) in [5.41, 5.74) is 3.00. The summed E-state index contributed by atoms with van der Waals surface area (Å²) in [7, 11) is -1.34. The highest BCUT2D eigenvalue weighted by atomic mass is 16.5. The molecule has 4 rings (SSSR count). The zero-order valence-electron chi connectivity index (χ0n) is 15.3. The van der Waals surface area contributed by atoms with E-state index in [1.54, 1.807) is 36.7 Å². The van der Waals surface area contributed by atoms with Crippen molar-refractivity contribution in [3.63, 3.8) is 0 Å². The average molecular weight is 388 g/mol. The first-order valence-corrected chi connectivity index (χ1v) is 9.04. The Morgan fingerprint density at radius 1 is 1.03 bits per heavy atom. The number of aromatic carboxylic acids is 1. The lowest BCUT2D eigenvalue weighted by Crippen LogP contribution is -2.53. The Hall–Kier alpha value is -3.65. The third kappa shape index (κ3) is 3.83. The first kappa shape index (κ1) is 18.7. The van der Waals surface area contributed by atoms with Gasteiger partial charge in [0.2, 0.25) is 0 Å². The van der Waals surface area contributed by atoms with Crippen molar-refractivity contribution in [1.29, 1.82) is 0 Å². The van der Waals surface area contributed by atoms with Crippen molar-refractivity contribution in [2.75, 3.05) is 0 Å². The minimum absolute atomic E-state index is 0.0157. The number of carbonyl (C=O) groups is 2. The van der Waals surface area contributed by atoms with Crippen molar-refractivity contribution in [2.24, 2.45) is 0 Å². The normalized spacial score (nSPS) is 15.2. The minimum atomic E-state index is -1.34. The van der Waals surface area contributed by atoms with E-state index in [9.17, 15) is 19.7 Å². The van der Waals surface area contributed by atoms with Crippen LogP contribution in [0.15, 0.2) is 67.0 Å². The first-order chi connectivity index (χ1) is 14.0. The monoisotopic (exact) mass is 388 g/mol. The highest BCUT2D eigenvalue weighted by Crippen LogP contribution is 2.30. The van der Waals surface area contributed by atoms with Crippen LogP contribution < -0.4 is 9.97 Å². The number of nitrogens with one attached hydrogen (secondary N) is 1. The summed E-state index contributed by atoms with van der Waals surface area (Å²) in [6.45, 7) is 0. The smallest absolute Gasteiger partial charge is 0.534 e. The number of hydrogen-bond acceptors (Lipinski definition) is 5. The van der Waals surface area contributed by atoms with Crippen LogP contribution in [0.25, 0.3) is 11.1 Å². The van der Waals surface area contributed by atoms with Gasteiger partial charge in [0.15, 0.2) is 0 Å². The van der Waals surface area contributed by atoms with Crippen molar-refractivity contribution < 1.29 is 24.4 Å². The minimum Gasteiger partial charge on any atom is -0.534 e. The lowest BCUT2D eigenvalue weighted by atomic mass is 9.72. The van der Waals surface area contributed by atoms with Crippen LogP contribution >= 0.6 is 0 Å². The molecule has 3 aromatic rings. The number of rotatable bonds is 4. The molecule has 2 aromatic carbocycles. The second-order valence-electron chi connectivity index (χ2n) is 6.70. The van der Waals surface area contributed by atoms with Gasteiger partial charge in [0.1, 0.15) is 5.75 Å². The molecule has 1 amide bonds. The number of carboxylic acids is 1. The number of nitrogens with zero attached hydrogens (tertiary/aromatic N) is 1. The fourth-order valence-electron chi connectivity index (χ4n) is 3.33. The van der Waals surface area contributed by atoms with Crippen LogP contribution in [0.3, 0.4) is 0 Å². The maximum Gasteiger partial charge on any atom is 0.547 e. The van der Waals surface area contributed by atoms with E-state index in [0.717, 1.165) is 11.1 Å². The number of carboxylic acid groups (broad SMARTS) is 1. The predicted molar refractivity (Wildman–Crippen MR) is 107 cm³/mol. The quantitative estimate of drug-likeness (QED) is 0.592. The fourth-order valence-corrected chi connectivity index (χ4v) is 3.33. The van der Waals surface area contributed by atoms with Crippen molar-refractivity contribution in [1.82, 2.24) is 10.3 Å². The van der Waals surface area contributed by atoms with E-state index in [-0.39, 0.29) is 23.6 Å². The van der Waals surface area contributed by atoms with Crippen LogP contribution in [0.5, 0.6) is 5.75 Å². The Morgan fingerprint density at radius 3 is 2.41 bits per heavy atom. The number of carbonyl (C=O) groups excluding carboxylic acids is 1. The molecule has 0 radical (unpaired) electrons. The number of benzene rings is 2. The first-order valence-electron chi connectivity index (χ1n) is 9.04. The highest BCUT2D eigenvalue weighted by Gasteiger charge is 2.37. The van der Waals surface area contributed by atoms with Gasteiger partial charge in [-0.15, -0.1) is 0 Å². The topological polar surface area (TPSA) is 109 Å². The van der Waals surface area contributed by atoms with Crippen LogP contribution in [0.2, 0.25) is 0 Å². The summed E-state index contributed by atoms with van der Waals surface area (Å²) in [6.07, 6.45) is 3.67. The molecule has 1 aliphatic heterocycles. The molecule has 0 fully saturated rings. The predicted octanol–water partition coefficient (Wildman–Crippen LogP) is 2.20. The SMILES string of the molecule is O=C(N[C@H]1Cc2cccc(C(=O)O)c2OB1O)c1ccc(-c2ccncc2)cc1. The number of aromatic nitrogens is 1. The van der Waals surface area contributed by atoms with Gasteiger partial charge in [-0.05, 0) is 53.4 Å². The Kier molecular flexibility index (Phi) is 5.01. The van der Waals surface area contributed by atoms with Crippen molar-refractivity contribution in [2.45, 2.75) is 12.4 Å². The Labute approximate surface area is 167 Å². The Bertz CT molecular complexity index is 1060. The molecular weight excluding hydrogens is 371 g/mol. The van der Waals surface area contributed by atoms with Gasteiger partial charge in [-0.1, -0.05) is 24.3 Å². The van der Waals surface area contributed by atoms with Crippen molar-refractivity contribution in [3.05, 3.63) is 83.7 Å². The zero-order chi connectivity index (χ0) is 20.4. The van der Waals surface area contributed by atoms with Gasteiger partial charge >= 0.3 is 13.1 Å². The lowest BCUT2D eigenvalue weighted by molar-refractivity contribution is 0.0693. The molecule has 0 aliphatic carbocycles. The lowest BCUT2D eigenvalue weighted by Gasteiger charge is -2.28. The van der Waals surface area contributed by atoms with Crippen molar-refractivity contribution in [3.8, 4) is 16.9 Å². The second kappa shape index (κ2) is 7.77. The number of amides is 1. The van der Waals surface area contributed by atoms with Gasteiger partial charge in [0.25, 0.3) is 5.91 Å². The maximum absolute atomic E-state index is 12.6. The van der Waals surface area contributed by atoms with Crippen LogP contribution in [-0.2, 0) is 6.42 Å². The fraction of sp³-hybridized carbons (Fsp3) is 0.0952. The summed E-state index contributed by atoms with van der Waals surface area (Å²) in [4.78, 5) is 27.9. The maximum atomic E-state index is 12.6. The van der Waals surface area contributed by atoms with E-state index < -0.39 is 19.0 Å². The third-order valence-electron chi connectivity index (χ3n) is 4.83. The van der Waals surface area contributed by atoms with E-state index >= 15 is 0 Å². The second-order valence-corrected chi connectivity index (χ2v) is 6.70. The standard InChI is InChI=1S/C21H17BN2O5/c25-20(15-6-4-13(5-7-15)14-8-10-23-11-9-14)24-18-12-16-2-1-3-17(21(26)27)19(16)29-22(18)28/h1-11,18,28H,12H2,(H,24,25)(H,26,27)/t18-/m0/s1. The summed E-state index contributed by atoms with van der Waals surface area (Å²) >= 11 is 0. The Morgan fingerprint density at radius 2 is 1.72 bits per heavy atom. The summed E-state index contributed by atoms with van der Waals surface area (Å²) in [6, 6.07) is 15.6. The van der Waals surface area contributed by atoms with E-state index in [4.69, 9.17) is 4.65 Å². The van der Waals surface area contributed by atoms with Crippen LogP contribution in [0, 0.1) is 0 Å². The number of hydrogen-bond donors (Lipinski definition) is 3. The molecule has 7 nitrogen and oxygen atoms in total. The van der Waals surface area contributed by atoms with Crippen LogP contribution in [-0.4, -0.2) is 40.1 Å². The van der Waals surface area contributed by atoms with E-state index in [1.807, 2.05) is 24.3 Å². The summed E-state index contributed by atoms with van der Waals surface area (Å²) in [5.74, 6) is -2.04. The Balaban J connectivity index is 1.49. The molecule has 3 N–H and O–H groups in total. The zero-order valence-corrected chi connectivity index (χ0v) is 15.3. The van der Waals surface area contributed by atoms with Gasteiger partial charge in [-0.25, -0.2) is 4.79 Å². The largest absolute Gasteiger partial charge is 0.547 e. The highest BCUT2D eigenvalue weighted by molar-refractivity contribution is 6.47. The molecule has 1 aromatic heterocycles. The molecule has 0 bridgehead atoms. The molecular formula is C21H17BN2O5. The van der Waals surface area contributed by atoms with Crippen molar-refractivity contribution >= 4 is 19.0 Å². The molecule has 0 unspecified atom stereocenters. The van der Waals surface area contributed by atoms with Gasteiger partial charge < -0.3 is 20.1 Å². The summed E-state index contributed by atoms with van der Waals surface area (Å²) < 4.78 is 5.40. The van der Waals surface area contributed by atoms with Crippen LogP contribution in [0.4, 0.5) is 0 Å². The van der Waals surface area contributed by atoms with Gasteiger partial charge in [0.05, 0.1) is 11.5 Å². The number of fused-ring (bicyclic) bond motifs is 1. The van der Waals surface area contributed by atoms with Gasteiger partial charge in [-0.3, -0.25) is 9.78 Å². The van der Waals surface area contributed by atoms with E-state index in [1.165, 1.54) is 6.07 Å². The van der Waals surface area contributed by atoms with Crippen LogP contribution in [0.1, 0.15) is 26.3 Å². The molecule has 8 heteroatoms.